The highest BCUT2D eigenvalue weighted by atomic mass is 35.5. The minimum Gasteiger partial charge on any atom is -0.493 e. The van der Waals surface area contributed by atoms with Crippen LogP contribution in [0.3, 0.4) is 0 Å². The minimum atomic E-state index is -0.256. The van der Waals surface area contributed by atoms with Crippen LogP contribution in [0.15, 0.2) is 83.1 Å². The summed E-state index contributed by atoms with van der Waals surface area (Å²) in [7, 11) is 1.59. The highest BCUT2D eigenvalue weighted by Gasteiger charge is 2.14. The van der Waals surface area contributed by atoms with Crippen LogP contribution < -0.4 is 14.9 Å². The highest BCUT2D eigenvalue weighted by Crippen LogP contribution is 2.28. The Morgan fingerprint density at radius 3 is 2.59 bits per heavy atom. The molecule has 0 aliphatic carbocycles. The molecule has 3 aromatic carbocycles. The fourth-order valence-corrected chi connectivity index (χ4v) is 4.38. The number of benzene rings is 3. The molecule has 0 atom stereocenters. The van der Waals surface area contributed by atoms with Crippen molar-refractivity contribution >= 4 is 35.5 Å². The van der Waals surface area contributed by atoms with Crippen molar-refractivity contribution in [1.82, 2.24) is 20.2 Å². The first-order chi connectivity index (χ1) is 18.1. The molecular formula is C27H26ClN5O3S. The van der Waals surface area contributed by atoms with E-state index in [0.717, 1.165) is 22.5 Å². The number of amides is 1. The zero-order chi connectivity index (χ0) is 26.0. The number of halogens is 1. The second-order valence-electron chi connectivity index (χ2n) is 7.82. The molecule has 0 spiro atoms. The van der Waals surface area contributed by atoms with Crippen molar-refractivity contribution in [1.29, 1.82) is 0 Å². The van der Waals surface area contributed by atoms with Gasteiger partial charge in [0.1, 0.15) is 6.61 Å². The number of carbonyl (C=O) groups excluding carboxylic acids is 1. The topological polar surface area (TPSA) is 90.6 Å². The normalized spacial score (nSPS) is 11.0. The number of rotatable bonds is 11. The summed E-state index contributed by atoms with van der Waals surface area (Å²) < 4.78 is 13.3. The molecule has 37 heavy (non-hydrogen) atoms. The lowest BCUT2D eigenvalue weighted by molar-refractivity contribution is -0.118. The third-order valence-corrected chi connectivity index (χ3v) is 6.51. The van der Waals surface area contributed by atoms with Crippen molar-refractivity contribution in [3.63, 3.8) is 0 Å². The fraction of sp³-hybridized carbons (Fsp3) is 0.185. The average molecular weight is 536 g/mol. The van der Waals surface area contributed by atoms with E-state index in [9.17, 15) is 4.79 Å². The van der Waals surface area contributed by atoms with Crippen molar-refractivity contribution in [3.05, 3.63) is 88.9 Å². The van der Waals surface area contributed by atoms with Gasteiger partial charge in [0, 0.05) is 17.1 Å². The van der Waals surface area contributed by atoms with Crippen molar-refractivity contribution in [2.24, 2.45) is 5.10 Å². The summed E-state index contributed by atoms with van der Waals surface area (Å²) in [6.45, 7) is 3.08. The Morgan fingerprint density at radius 2 is 1.86 bits per heavy atom. The molecule has 0 saturated heterocycles. The highest BCUT2D eigenvalue weighted by molar-refractivity contribution is 7.99. The van der Waals surface area contributed by atoms with Gasteiger partial charge in [-0.05, 0) is 60.5 Å². The molecule has 0 saturated carbocycles. The Balaban J connectivity index is 1.33. The number of hydrogen-bond acceptors (Lipinski definition) is 7. The number of hydrogen-bond donors (Lipinski definition) is 1. The smallest absolute Gasteiger partial charge is 0.250 e. The monoisotopic (exact) mass is 535 g/mol. The van der Waals surface area contributed by atoms with Crippen LogP contribution in [-0.4, -0.2) is 39.7 Å². The van der Waals surface area contributed by atoms with E-state index < -0.39 is 0 Å². The van der Waals surface area contributed by atoms with Gasteiger partial charge in [0.2, 0.25) is 0 Å². The van der Waals surface area contributed by atoms with E-state index in [4.69, 9.17) is 21.1 Å². The van der Waals surface area contributed by atoms with Crippen molar-refractivity contribution in [3.8, 4) is 22.9 Å². The summed E-state index contributed by atoms with van der Waals surface area (Å²) in [6, 6.07) is 22.7. The maximum Gasteiger partial charge on any atom is 0.250 e. The van der Waals surface area contributed by atoms with E-state index in [1.54, 1.807) is 19.4 Å². The van der Waals surface area contributed by atoms with Crippen molar-refractivity contribution in [2.45, 2.75) is 25.2 Å². The molecule has 10 heteroatoms. The molecule has 1 amide bonds. The quantitative estimate of drug-likeness (QED) is 0.156. The van der Waals surface area contributed by atoms with Crippen molar-refractivity contribution in [2.75, 3.05) is 12.9 Å². The Hall–Kier alpha value is -3.82. The molecule has 0 fully saturated rings. The second kappa shape index (κ2) is 12.9. The number of aromatic nitrogens is 3. The molecule has 8 nitrogen and oxygen atoms in total. The van der Waals surface area contributed by atoms with E-state index in [1.807, 2.05) is 78.2 Å². The first kappa shape index (κ1) is 26.2. The maximum absolute atomic E-state index is 12.4. The number of nitrogens with one attached hydrogen (secondary N) is 1. The molecule has 0 bridgehead atoms. The Labute approximate surface area is 224 Å². The molecule has 0 radical (unpaired) electrons. The number of hydrazone groups is 1. The SMILES string of the molecule is CCn1c(SCC(=O)N/N=C/c2ccc(OC)c(OCc3ccccc3)c2)nnc1-c1ccc(Cl)cc1. The van der Waals surface area contributed by atoms with Gasteiger partial charge in [0.25, 0.3) is 5.91 Å². The number of methoxy groups -OCH3 is 1. The largest absolute Gasteiger partial charge is 0.493 e. The van der Waals surface area contributed by atoms with Gasteiger partial charge in [-0.1, -0.05) is 53.7 Å². The molecule has 1 heterocycles. The van der Waals surface area contributed by atoms with Crippen LogP contribution in [0.25, 0.3) is 11.4 Å². The second-order valence-corrected chi connectivity index (χ2v) is 9.20. The molecule has 0 aliphatic rings. The lowest BCUT2D eigenvalue weighted by Crippen LogP contribution is -2.20. The van der Waals surface area contributed by atoms with Gasteiger partial charge < -0.3 is 14.0 Å². The van der Waals surface area contributed by atoms with Gasteiger partial charge in [0.15, 0.2) is 22.5 Å². The summed E-state index contributed by atoms with van der Waals surface area (Å²) in [6.07, 6.45) is 1.56. The van der Waals surface area contributed by atoms with Crippen LogP contribution in [-0.2, 0) is 17.9 Å². The molecule has 1 aromatic heterocycles. The summed E-state index contributed by atoms with van der Waals surface area (Å²) in [5.41, 5.74) is 5.27. The molecular weight excluding hydrogens is 510 g/mol. The summed E-state index contributed by atoms with van der Waals surface area (Å²) in [5.74, 6) is 1.82. The standard InChI is InChI=1S/C27H26ClN5O3S/c1-3-33-26(21-10-12-22(28)13-11-21)31-32-27(33)37-18-25(34)30-29-16-20-9-14-23(35-2)24(15-20)36-17-19-7-5-4-6-8-19/h4-16H,3,17-18H2,1-2H3,(H,30,34)/b29-16+. The van der Waals surface area contributed by atoms with E-state index in [0.29, 0.717) is 34.8 Å². The van der Waals surface area contributed by atoms with Gasteiger partial charge in [-0.3, -0.25) is 4.79 Å². The van der Waals surface area contributed by atoms with Gasteiger partial charge in [-0.15, -0.1) is 10.2 Å². The van der Waals surface area contributed by atoms with Crippen LogP contribution in [0.5, 0.6) is 11.5 Å². The molecule has 1 N–H and O–H groups in total. The third kappa shape index (κ3) is 7.12. The van der Waals surface area contributed by atoms with Crippen LogP contribution in [0.1, 0.15) is 18.1 Å². The van der Waals surface area contributed by atoms with Crippen LogP contribution >= 0.6 is 23.4 Å². The van der Waals surface area contributed by atoms with Crippen LogP contribution in [0, 0.1) is 0 Å². The van der Waals surface area contributed by atoms with Gasteiger partial charge in [0.05, 0.1) is 19.1 Å². The molecule has 0 unspecified atom stereocenters. The maximum atomic E-state index is 12.4. The summed E-state index contributed by atoms with van der Waals surface area (Å²) in [4.78, 5) is 12.4. The molecule has 4 aromatic rings. The van der Waals surface area contributed by atoms with E-state index in [2.05, 4.69) is 20.7 Å². The average Bonchev–Trinajstić information content (AvgIpc) is 3.34. The zero-order valence-corrected chi connectivity index (χ0v) is 22.0. The summed E-state index contributed by atoms with van der Waals surface area (Å²) >= 11 is 7.28. The molecule has 4 rings (SSSR count). The summed E-state index contributed by atoms with van der Waals surface area (Å²) in [5, 5.41) is 13.9. The number of ether oxygens (including phenoxy) is 2. The van der Waals surface area contributed by atoms with E-state index in [-0.39, 0.29) is 11.7 Å². The van der Waals surface area contributed by atoms with E-state index in [1.165, 1.54) is 11.8 Å². The zero-order valence-electron chi connectivity index (χ0n) is 20.4. The lowest BCUT2D eigenvalue weighted by Gasteiger charge is -2.11. The first-order valence-electron chi connectivity index (χ1n) is 11.6. The van der Waals surface area contributed by atoms with Crippen LogP contribution in [0.4, 0.5) is 0 Å². The molecule has 190 valence electrons. The number of thioether (sulfide) groups is 1. The predicted molar refractivity (Wildman–Crippen MR) is 146 cm³/mol. The number of nitrogens with zero attached hydrogens (tertiary/aromatic N) is 4. The number of carbonyl (C=O) groups is 1. The fourth-order valence-electron chi connectivity index (χ4n) is 3.46. The van der Waals surface area contributed by atoms with Gasteiger partial charge in [-0.2, -0.15) is 5.10 Å². The van der Waals surface area contributed by atoms with Crippen molar-refractivity contribution < 1.29 is 14.3 Å². The molecule has 0 aliphatic heterocycles. The van der Waals surface area contributed by atoms with Crippen LogP contribution in [0.2, 0.25) is 5.02 Å². The predicted octanol–water partition coefficient (Wildman–Crippen LogP) is 5.45. The Morgan fingerprint density at radius 1 is 1.08 bits per heavy atom. The first-order valence-corrected chi connectivity index (χ1v) is 12.9. The van der Waals surface area contributed by atoms with E-state index >= 15 is 0 Å². The third-order valence-electron chi connectivity index (χ3n) is 5.30. The van der Waals surface area contributed by atoms with Gasteiger partial charge in [-0.25, -0.2) is 5.43 Å². The lowest BCUT2D eigenvalue weighted by atomic mass is 10.2. The Kier molecular flexibility index (Phi) is 9.18. The Bertz CT molecular complexity index is 1360. The van der Waals surface area contributed by atoms with Gasteiger partial charge >= 0.3 is 0 Å². The minimum absolute atomic E-state index is 0.143.